The first kappa shape index (κ1) is 22.6. The van der Waals surface area contributed by atoms with Crippen LogP contribution >= 0.6 is 11.6 Å². The molecule has 0 saturated carbocycles. The number of benzene rings is 3. The van der Waals surface area contributed by atoms with Gasteiger partial charge in [-0.2, -0.15) is 4.80 Å². The number of halogens is 1. The number of rotatable bonds is 8. The normalized spacial score (nSPS) is 11.9. The van der Waals surface area contributed by atoms with E-state index in [2.05, 4.69) is 31.8 Å². The van der Waals surface area contributed by atoms with E-state index in [4.69, 9.17) is 16.3 Å². The molecule has 5 aromatic rings. The first-order valence-electron chi connectivity index (χ1n) is 11.1. The molecule has 5 rings (SSSR count). The van der Waals surface area contributed by atoms with Crippen molar-refractivity contribution in [3.8, 4) is 17.1 Å². The Hall–Kier alpha value is -4.17. The van der Waals surface area contributed by atoms with Gasteiger partial charge in [0.15, 0.2) is 0 Å². The van der Waals surface area contributed by atoms with Crippen molar-refractivity contribution in [2.24, 2.45) is 0 Å². The summed E-state index contributed by atoms with van der Waals surface area (Å²) in [5, 5.41) is 17.2. The van der Waals surface area contributed by atoms with E-state index in [1.807, 2.05) is 60.8 Å². The molecule has 0 bridgehead atoms. The maximum absolute atomic E-state index is 12.8. The lowest BCUT2D eigenvalue weighted by atomic mass is 9.91. The molecule has 176 valence electrons. The molecule has 9 heteroatoms. The maximum atomic E-state index is 12.8. The minimum atomic E-state index is -0.205. The van der Waals surface area contributed by atoms with Gasteiger partial charge in [0, 0.05) is 40.1 Å². The van der Waals surface area contributed by atoms with Crippen molar-refractivity contribution < 1.29 is 9.53 Å². The number of H-pyrrole nitrogens is 1. The van der Waals surface area contributed by atoms with E-state index >= 15 is 0 Å². The number of aromatic nitrogens is 5. The maximum Gasteiger partial charge on any atom is 0.243 e. The number of fused-ring (bicyclic) bond motifs is 1. The first-order valence-corrected chi connectivity index (χ1v) is 11.5. The van der Waals surface area contributed by atoms with E-state index in [1.54, 1.807) is 19.2 Å². The topological polar surface area (TPSA) is 97.7 Å². The predicted octanol–water partition coefficient (Wildman–Crippen LogP) is 4.43. The lowest BCUT2D eigenvalue weighted by Crippen LogP contribution is -2.32. The van der Waals surface area contributed by atoms with Crippen LogP contribution in [0.2, 0.25) is 5.02 Å². The standard InChI is InChI=1S/C26H23ClN6O2/c1-35-20-12-8-17(9-13-20)22(23-15-28-24-5-3-2-4-21(23)24)14-29-25(34)16-33-31-26(30-32-33)18-6-10-19(27)11-7-18/h2-13,15,22,28H,14,16H2,1H3,(H,29,34). The van der Waals surface area contributed by atoms with Crippen LogP contribution in [-0.4, -0.2) is 44.8 Å². The van der Waals surface area contributed by atoms with Gasteiger partial charge in [0.25, 0.3) is 0 Å². The average Bonchev–Trinajstić information content (AvgIpc) is 3.53. The highest BCUT2D eigenvalue weighted by atomic mass is 35.5. The zero-order valence-electron chi connectivity index (χ0n) is 19.0. The van der Waals surface area contributed by atoms with Crippen molar-refractivity contribution >= 4 is 28.4 Å². The number of hydrogen-bond donors (Lipinski definition) is 2. The summed E-state index contributed by atoms with van der Waals surface area (Å²) in [5.41, 5.74) is 4.00. The van der Waals surface area contributed by atoms with Crippen LogP contribution < -0.4 is 10.1 Å². The van der Waals surface area contributed by atoms with E-state index in [-0.39, 0.29) is 18.4 Å². The molecule has 2 aromatic heterocycles. The molecule has 8 nitrogen and oxygen atoms in total. The third-order valence-electron chi connectivity index (χ3n) is 5.86. The van der Waals surface area contributed by atoms with E-state index < -0.39 is 0 Å². The summed E-state index contributed by atoms with van der Waals surface area (Å²) in [7, 11) is 1.64. The van der Waals surface area contributed by atoms with Gasteiger partial charge >= 0.3 is 0 Å². The third kappa shape index (κ3) is 5.02. The second kappa shape index (κ2) is 9.99. The Labute approximate surface area is 206 Å². The Bertz CT molecular complexity index is 1440. The molecule has 1 amide bonds. The number of methoxy groups -OCH3 is 1. The van der Waals surface area contributed by atoms with E-state index in [1.165, 1.54) is 4.80 Å². The monoisotopic (exact) mass is 486 g/mol. The lowest BCUT2D eigenvalue weighted by molar-refractivity contribution is -0.122. The number of amides is 1. The number of hydrogen-bond acceptors (Lipinski definition) is 5. The Morgan fingerprint density at radius 1 is 1.09 bits per heavy atom. The number of tetrazole rings is 1. The molecule has 3 aromatic carbocycles. The Balaban J connectivity index is 1.32. The molecule has 0 fully saturated rings. The molecule has 0 spiro atoms. The fraction of sp³-hybridized carbons (Fsp3) is 0.154. The lowest BCUT2D eigenvalue weighted by Gasteiger charge is -2.18. The number of ether oxygens (including phenoxy) is 1. The fourth-order valence-corrected chi connectivity index (χ4v) is 4.18. The van der Waals surface area contributed by atoms with Crippen molar-refractivity contribution in [2.75, 3.05) is 13.7 Å². The number of para-hydroxylation sites is 1. The zero-order valence-corrected chi connectivity index (χ0v) is 19.7. The fourth-order valence-electron chi connectivity index (χ4n) is 4.05. The minimum Gasteiger partial charge on any atom is -0.497 e. The summed E-state index contributed by atoms with van der Waals surface area (Å²) in [4.78, 5) is 17.4. The molecular weight excluding hydrogens is 464 g/mol. The number of nitrogens with one attached hydrogen (secondary N) is 2. The van der Waals surface area contributed by atoms with Crippen LogP contribution in [-0.2, 0) is 11.3 Å². The van der Waals surface area contributed by atoms with E-state index in [9.17, 15) is 4.79 Å². The molecule has 35 heavy (non-hydrogen) atoms. The molecule has 1 unspecified atom stereocenters. The highest BCUT2D eigenvalue weighted by Crippen LogP contribution is 2.31. The number of carbonyl (C=O) groups is 1. The van der Waals surface area contributed by atoms with Gasteiger partial charge in [-0.25, -0.2) is 0 Å². The molecular formula is C26H23ClN6O2. The van der Waals surface area contributed by atoms with Crippen LogP contribution in [0.4, 0.5) is 0 Å². The van der Waals surface area contributed by atoms with E-state index in [0.717, 1.165) is 33.3 Å². The van der Waals surface area contributed by atoms with Gasteiger partial charge in [0.1, 0.15) is 12.3 Å². The highest BCUT2D eigenvalue weighted by molar-refractivity contribution is 6.30. The summed E-state index contributed by atoms with van der Waals surface area (Å²) in [6.45, 7) is 0.371. The predicted molar refractivity (Wildman–Crippen MR) is 134 cm³/mol. The Morgan fingerprint density at radius 2 is 1.86 bits per heavy atom. The Kier molecular flexibility index (Phi) is 6.45. The van der Waals surface area contributed by atoms with Crippen LogP contribution in [0.1, 0.15) is 17.0 Å². The zero-order chi connectivity index (χ0) is 24.2. The van der Waals surface area contributed by atoms with Gasteiger partial charge in [-0.1, -0.05) is 41.9 Å². The quantitative estimate of drug-likeness (QED) is 0.338. The largest absolute Gasteiger partial charge is 0.497 e. The SMILES string of the molecule is COc1ccc(C(CNC(=O)Cn2nnc(-c3ccc(Cl)cc3)n2)c2c[nH]c3ccccc23)cc1. The van der Waals surface area contributed by atoms with Crippen LogP contribution in [0.3, 0.4) is 0 Å². The summed E-state index contributed by atoms with van der Waals surface area (Å²) < 4.78 is 5.31. The second-order valence-electron chi connectivity index (χ2n) is 8.07. The number of nitrogens with zero attached hydrogens (tertiary/aromatic N) is 4. The number of carbonyl (C=O) groups excluding carboxylic acids is 1. The Morgan fingerprint density at radius 3 is 2.63 bits per heavy atom. The molecule has 1 atom stereocenters. The van der Waals surface area contributed by atoms with Crippen molar-refractivity contribution in [2.45, 2.75) is 12.5 Å². The van der Waals surface area contributed by atoms with Gasteiger partial charge in [0.2, 0.25) is 11.7 Å². The highest BCUT2D eigenvalue weighted by Gasteiger charge is 2.20. The van der Waals surface area contributed by atoms with Crippen molar-refractivity contribution in [3.05, 3.63) is 95.1 Å². The summed E-state index contributed by atoms with van der Waals surface area (Å²) in [5.74, 6) is 0.950. The minimum absolute atomic E-state index is 0.0379. The second-order valence-corrected chi connectivity index (χ2v) is 8.51. The number of aromatic amines is 1. The van der Waals surface area contributed by atoms with Gasteiger partial charge in [-0.15, -0.1) is 10.2 Å². The van der Waals surface area contributed by atoms with Crippen LogP contribution in [0.5, 0.6) is 5.75 Å². The third-order valence-corrected chi connectivity index (χ3v) is 6.11. The van der Waals surface area contributed by atoms with Gasteiger partial charge < -0.3 is 15.0 Å². The van der Waals surface area contributed by atoms with Crippen molar-refractivity contribution in [1.29, 1.82) is 0 Å². The first-order chi connectivity index (χ1) is 17.1. The van der Waals surface area contributed by atoms with Crippen LogP contribution in [0.25, 0.3) is 22.3 Å². The molecule has 0 aliphatic carbocycles. The molecule has 0 aliphatic heterocycles. The van der Waals surface area contributed by atoms with Crippen molar-refractivity contribution in [1.82, 2.24) is 30.5 Å². The smallest absolute Gasteiger partial charge is 0.243 e. The molecule has 2 N–H and O–H groups in total. The molecule has 0 radical (unpaired) electrons. The van der Waals surface area contributed by atoms with Crippen LogP contribution in [0.15, 0.2) is 79.0 Å². The average molecular weight is 487 g/mol. The van der Waals surface area contributed by atoms with Gasteiger partial charge in [-0.05, 0) is 58.8 Å². The van der Waals surface area contributed by atoms with Crippen LogP contribution in [0, 0.1) is 0 Å². The summed E-state index contributed by atoms with van der Waals surface area (Å²) >= 11 is 5.94. The summed E-state index contributed by atoms with van der Waals surface area (Å²) in [6, 6.07) is 23.2. The molecule has 0 saturated heterocycles. The molecule has 0 aliphatic rings. The van der Waals surface area contributed by atoms with Gasteiger partial charge in [0.05, 0.1) is 7.11 Å². The van der Waals surface area contributed by atoms with Gasteiger partial charge in [-0.3, -0.25) is 4.79 Å². The summed E-state index contributed by atoms with van der Waals surface area (Å²) in [6.07, 6.45) is 2.00. The van der Waals surface area contributed by atoms with Crippen molar-refractivity contribution in [3.63, 3.8) is 0 Å². The molecule has 2 heterocycles. The van der Waals surface area contributed by atoms with E-state index in [0.29, 0.717) is 17.4 Å².